The third-order valence-corrected chi connectivity index (χ3v) is 12.4. The highest BCUT2D eigenvalue weighted by Gasteiger charge is 2.37. The highest BCUT2D eigenvalue weighted by molar-refractivity contribution is 6.19. The predicted octanol–water partition coefficient (Wildman–Crippen LogP) is 10.2. The minimum atomic E-state index is -0.996. The molecule has 0 unspecified atom stereocenters. The normalized spacial score (nSPS) is 16.2. The van der Waals surface area contributed by atoms with Crippen LogP contribution in [0, 0.1) is 0 Å². The fourth-order valence-electron chi connectivity index (χ4n) is 10.3. The smallest absolute Gasteiger partial charge is 0.371 e. The van der Waals surface area contributed by atoms with Crippen LogP contribution in [0.25, 0.3) is 66.1 Å². The molecule has 0 saturated heterocycles. The van der Waals surface area contributed by atoms with E-state index in [1.54, 1.807) is 24.3 Å². The van der Waals surface area contributed by atoms with E-state index in [2.05, 4.69) is 28.0 Å². The summed E-state index contributed by atoms with van der Waals surface area (Å²) < 4.78 is 14.1. The minimum absolute atomic E-state index is 0.217. The van der Waals surface area contributed by atoms with Crippen molar-refractivity contribution in [3.05, 3.63) is 106 Å². The number of nitrogens with zero attached hydrogens (tertiary/aromatic N) is 2. The van der Waals surface area contributed by atoms with Crippen LogP contribution in [0.3, 0.4) is 0 Å². The molecular weight excluding hydrogens is 677 g/mol. The largest absolute Gasteiger partial charge is 0.478 e. The average molecular weight is 715 g/mol. The zero-order valence-corrected chi connectivity index (χ0v) is 29.8. The van der Waals surface area contributed by atoms with Gasteiger partial charge in [-0.05, 0) is 104 Å². The average Bonchev–Trinajstić information content (AvgIpc) is 3.19. The van der Waals surface area contributed by atoms with E-state index in [-0.39, 0.29) is 11.1 Å². The Bertz CT molecular complexity index is 2630. The number of carboxylic acid groups (broad SMARTS) is 2. The summed E-state index contributed by atoms with van der Waals surface area (Å²) in [6, 6.07) is 22.9. The fraction of sp³-hybridized carbons (Fsp3) is 0.261. The zero-order valence-electron chi connectivity index (χ0n) is 29.8. The molecule has 0 radical (unpaired) electrons. The van der Waals surface area contributed by atoms with Crippen molar-refractivity contribution in [3.63, 3.8) is 0 Å². The van der Waals surface area contributed by atoms with Crippen molar-refractivity contribution < 1.29 is 28.6 Å². The van der Waals surface area contributed by atoms with Crippen LogP contribution < -0.4 is 9.80 Å². The number of aromatic carboxylic acids is 2. The second-order valence-electron chi connectivity index (χ2n) is 15.4. The number of fused-ring (bicyclic) bond motifs is 6. The zero-order chi connectivity index (χ0) is 36.2. The molecule has 0 saturated carbocycles. The second-order valence-corrected chi connectivity index (χ2v) is 15.4. The number of carbonyl (C=O) groups is 2. The monoisotopic (exact) mass is 714 g/mol. The van der Waals surface area contributed by atoms with Gasteiger partial charge >= 0.3 is 34.3 Å². The van der Waals surface area contributed by atoms with Crippen LogP contribution in [0.1, 0.15) is 68.7 Å². The van der Waals surface area contributed by atoms with Gasteiger partial charge in [-0.3, -0.25) is 0 Å². The molecule has 4 aliphatic rings. The van der Waals surface area contributed by atoms with E-state index >= 15 is 0 Å². The Balaban J connectivity index is 1.34. The highest BCUT2D eigenvalue weighted by Crippen LogP contribution is 2.50. The van der Waals surface area contributed by atoms with Gasteiger partial charge in [0.2, 0.25) is 0 Å². The molecule has 0 amide bonds. The summed E-state index contributed by atoms with van der Waals surface area (Å²) >= 11 is 0. The van der Waals surface area contributed by atoms with Crippen molar-refractivity contribution >= 4 is 67.2 Å². The van der Waals surface area contributed by atoms with Crippen molar-refractivity contribution in [1.29, 1.82) is 0 Å². The van der Waals surface area contributed by atoms with E-state index in [0.29, 0.717) is 22.3 Å². The van der Waals surface area contributed by atoms with Crippen LogP contribution in [0.2, 0.25) is 0 Å². The summed E-state index contributed by atoms with van der Waals surface area (Å²) in [6.45, 7) is 4.09. The quantitative estimate of drug-likeness (QED) is 0.137. The Labute approximate surface area is 310 Å². The Morgan fingerprint density at radius 3 is 1.39 bits per heavy atom. The summed E-state index contributed by atoms with van der Waals surface area (Å²) in [5.74, 6) is -1.99. The SMILES string of the molecule is O=C(O)c1ccccc1-c1c2cc3c(-c4ccccc4C(=O)O)c4cc5c6c(c4[o+]c3cc2[o+]c2c3c4c(cc12)CCCN4CCC3)CCCN6CCC5. The molecule has 11 rings (SSSR count). The van der Waals surface area contributed by atoms with Crippen molar-refractivity contribution in [2.24, 2.45) is 0 Å². The van der Waals surface area contributed by atoms with Crippen molar-refractivity contribution in [2.75, 3.05) is 36.0 Å². The fourth-order valence-corrected chi connectivity index (χ4v) is 10.3. The summed E-state index contributed by atoms with van der Waals surface area (Å²) in [5, 5.41) is 24.4. The van der Waals surface area contributed by atoms with E-state index in [0.717, 1.165) is 121 Å². The molecule has 8 heteroatoms. The van der Waals surface area contributed by atoms with Gasteiger partial charge in [0, 0.05) is 37.3 Å². The van der Waals surface area contributed by atoms with Gasteiger partial charge in [-0.25, -0.2) is 18.4 Å². The molecule has 4 aliphatic heterocycles. The lowest BCUT2D eigenvalue weighted by Gasteiger charge is -2.36. The van der Waals surface area contributed by atoms with Crippen molar-refractivity contribution in [1.82, 2.24) is 0 Å². The van der Waals surface area contributed by atoms with E-state index < -0.39 is 11.9 Å². The lowest BCUT2D eigenvalue weighted by atomic mass is 9.85. The third-order valence-electron chi connectivity index (χ3n) is 12.4. The van der Waals surface area contributed by atoms with Crippen LogP contribution in [-0.4, -0.2) is 48.3 Å². The van der Waals surface area contributed by atoms with Gasteiger partial charge < -0.3 is 20.0 Å². The van der Waals surface area contributed by atoms with Crippen LogP contribution >= 0.6 is 0 Å². The van der Waals surface area contributed by atoms with E-state index in [1.165, 1.54) is 33.6 Å². The number of benzene rings is 5. The Morgan fingerprint density at radius 2 is 0.944 bits per heavy atom. The predicted molar refractivity (Wildman–Crippen MR) is 212 cm³/mol. The molecule has 0 fully saturated rings. The first kappa shape index (κ1) is 31.5. The van der Waals surface area contributed by atoms with Gasteiger partial charge in [-0.1, -0.05) is 36.4 Å². The first-order chi connectivity index (χ1) is 26.4. The first-order valence-corrected chi connectivity index (χ1v) is 19.3. The molecule has 2 aromatic heterocycles. The number of hydrogen-bond acceptors (Lipinski definition) is 4. The molecule has 0 atom stereocenters. The van der Waals surface area contributed by atoms with Gasteiger partial charge in [0.15, 0.2) is 0 Å². The second kappa shape index (κ2) is 11.7. The van der Waals surface area contributed by atoms with Gasteiger partial charge in [0.1, 0.15) is 6.07 Å². The number of anilines is 2. The van der Waals surface area contributed by atoms with Gasteiger partial charge in [-0.15, -0.1) is 0 Å². The number of rotatable bonds is 4. The molecule has 266 valence electrons. The van der Waals surface area contributed by atoms with Gasteiger partial charge in [-0.2, -0.15) is 0 Å². The molecule has 7 aromatic rings. The number of carboxylic acids is 2. The maximum atomic E-state index is 12.9. The molecule has 2 N–H and O–H groups in total. The van der Waals surface area contributed by atoms with Crippen LogP contribution in [0.5, 0.6) is 0 Å². The summed E-state index contributed by atoms with van der Waals surface area (Å²) in [7, 11) is 0. The lowest BCUT2D eigenvalue weighted by Crippen LogP contribution is -2.34. The molecule has 0 aliphatic carbocycles. The Morgan fingerprint density at radius 1 is 0.519 bits per heavy atom. The van der Waals surface area contributed by atoms with Crippen molar-refractivity contribution in [2.45, 2.75) is 51.4 Å². The summed E-state index contributed by atoms with van der Waals surface area (Å²) in [4.78, 5) is 30.7. The molecule has 0 bridgehead atoms. The molecule has 0 spiro atoms. The Hall–Kier alpha value is -6.02. The lowest BCUT2D eigenvalue weighted by molar-refractivity contribution is 0.0687. The number of hydrogen-bond donors (Lipinski definition) is 2. The van der Waals surface area contributed by atoms with Crippen molar-refractivity contribution in [3.8, 4) is 22.3 Å². The highest BCUT2D eigenvalue weighted by atomic mass is 16.4. The molecular formula is C46H38N2O6+2. The van der Waals surface area contributed by atoms with Gasteiger partial charge in [0.05, 0.1) is 55.2 Å². The maximum Gasteiger partial charge on any atom is 0.371 e. The third kappa shape index (κ3) is 4.49. The summed E-state index contributed by atoms with van der Waals surface area (Å²) in [6.07, 6.45) is 7.86. The molecule has 8 nitrogen and oxygen atoms in total. The summed E-state index contributed by atoms with van der Waals surface area (Å²) in [5.41, 5.74) is 13.5. The van der Waals surface area contributed by atoms with E-state index in [1.807, 2.05) is 30.3 Å². The molecule has 6 heterocycles. The van der Waals surface area contributed by atoms with Crippen LogP contribution in [0.15, 0.2) is 81.6 Å². The van der Waals surface area contributed by atoms with E-state index in [4.69, 9.17) is 8.83 Å². The van der Waals surface area contributed by atoms with Crippen LogP contribution in [-0.2, 0) is 25.7 Å². The standard InChI is InChI=1S/C46H36N2O6/c49-45(50)29-13-3-1-11-27(29)39-33-23-34-38(24-37(33)53-43-31-15-7-19-47-17-5-9-25(41(31)47)21-35(39)43)54-44-32-16-8-20-48-18-6-10-26(42(32)48)22-36(44)40(34)28-12-2-4-14-30(28)46(51)52/h1-4,11-14,21-24H,5-10,15-20H2/p+2. The molecule has 54 heavy (non-hydrogen) atoms. The maximum absolute atomic E-state index is 12.9. The van der Waals surface area contributed by atoms with Gasteiger partial charge in [0.25, 0.3) is 0 Å². The first-order valence-electron chi connectivity index (χ1n) is 19.3. The topological polar surface area (TPSA) is 104 Å². The van der Waals surface area contributed by atoms with E-state index in [9.17, 15) is 19.8 Å². The number of aryl methyl sites for hydroxylation is 4. The minimum Gasteiger partial charge on any atom is -0.478 e. The van der Waals surface area contributed by atoms with Crippen LogP contribution in [0.4, 0.5) is 11.4 Å². The Kier molecular flexibility index (Phi) is 6.85. The molecule has 5 aromatic carbocycles.